The van der Waals surface area contributed by atoms with Gasteiger partial charge in [-0.05, 0) is 59.7 Å². The molecule has 41 heavy (non-hydrogen) atoms. The first-order valence-corrected chi connectivity index (χ1v) is 14.4. The molecule has 7 rings (SSSR count). The molecule has 7 heteroatoms. The third-order valence-electron chi connectivity index (χ3n) is 8.91. The first kappa shape index (κ1) is 26.9. The van der Waals surface area contributed by atoms with Crippen LogP contribution in [-0.2, 0) is 23.9 Å². The summed E-state index contributed by atoms with van der Waals surface area (Å²) < 4.78 is 5.46. The lowest BCUT2D eigenvalue weighted by Gasteiger charge is -2.45. The first-order chi connectivity index (χ1) is 19.8. The number of amides is 3. The van der Waals surface area contributed by atoms with Gasteiger partial charge >= 0.3 is 5.97 Å². The van der Waals surface area contributed by atoms with Gasteiger partial charge in [0.1, 0.15) is 6.04 Å². The Balaban J connectivity index is 1.26. The fourth-order valence-electron chi connectivity index (χ4n) is 7.05. The van der Waals surface area contributed by atoms with Crippen molar-refractivity contribution in [2.45, 2.75) is 57.9 Å². The van der Waals surface area contributed by atoms with E-state index in [2.05, 4.69) is 29.6 Å². The van der Waals surface area contributed by atoms with Crippen LogP contribution in [0.3, 0.4) is 0 Å². The van der Waals surface area contributed by atoms with Crippen LogP contribution in [0.5, 0.6) is 0 Å². The zero-order valence-corrected chi connectivity index (χ0v) is 23.6. The average molecular weight is 551 g/mol. The lowest BCUT2D eigenvalue weighted by molar-refractivity contribution is -0.160. The van der Waals surface area contributed by atoms with E-state index in [1.165, 1.54) is 4.90 Å². The van der Waals surface area contributed by atoms with Gasteiger partial charge in [0, 0.05) is 17.5 Å². The number of esters is 1. The largest absolute Gasteiger partial charge is 0.454 e. The molecular weight excluding hydrogens is 516 g/mol. The maximum atomic E-state index is 14.1. The lowest BCUT2D eigenvalue weighted by atomic mass is 9.55. The van der Waals surface area contributed by atoms with Crippen molar-refractivity contribution >= 4 is 29.4 Å². The highest BCUT2D eigenvalue weighted by Gasteiger charge is 2.63. The Kier molecular flexibility index (Phi) is 6.98. The summed E-state index contributed by atoms with van der Waals surface area (Å²) in [6.45, 7) is 5.30. The van der Waals surface area contributed by atoms with Crippen LogP contribution in [-0.4, -0.2) is 41.2 Å². The van der Waals surface area contributed by atoms with E-state index in [9.17, 15) is 19.2 Å². The van der Waals surface area contributed by atoms with Crippen LogP contribution in [0.25, 0.3) is 0 Å². The molecular formula is C34H34N2O5. The molecule has 0 unspecified atom stereocenters. The van der Waals surface area contributed by atoms with E-state index in [4.69, 9.17) is 4.74 Å². The highest BCUT2D eigenvalue weighted by molar-refractivity contribution is 6.10. The molecule has 0 spiro atoms. The number of nitrogens with one attached hydrogen (secondary N) is 1. The molecule has 3 atom stereocenters. The van der Waals surface area contributed by atoms with E-state index in [1.54, 1.807) is 0 Å². The van der Waals surface area contributed by atoms with E-state index in [0.717, 1.165) is 39.8 Å². The normalized spacial score (nSPS) is 22.6. The fourth-order valence-corrected chi connectivity index (χ4v) is 7.05. The van der Waals surface area contributed by atoms with E-state index in [-0.39, 0.29) is 23.7 Å². The van der Waals surface area contributed by atoms with Crippen LogP contribution in [0.2, 0.25) is 0 Å². The molecule has 4 aliphatic rings. The number of anilines is 1. The number of hydrogen-bond acceptors (Lipinski definition) is 5. The van der Waals surface area contributed by atoms with Crippen LogP contribution >= 0.6 is 0 Å². The van der Waals surface area contributed by atoms with Crippen molar-refractivity contribution in [3.63, 3.8) is 0 Å². The Hall–Kier alpha value is -4.26. The first-order valence-electron chi connectivity index (χ1n) is 14.4. The molecule has 0 saturated carbocycles. The molecule has 210 valence electrons. The van der Waals surface area contributed by atoms with Crippen LogP contribution in [0, 0.1) is 25.7 Å². The number of nitrogens with zero attached hydrogens (tertiary/aromatic N) is 1. The van der Waals surface area contributed by atoms with Gasteiger partial charge in [-0.2, -0.15) is 0 Å². The Morgan fingerprint density at radius 2 is 1.39 bits per heavy atom. The molecule has 1 fully saturated rings. The number of benzene rings is 3. The Bertz CT molecular complexity index is 1450. The van der Waals surface area contributed by atoms with Crippen molar-refractivity contribution in [2.24, 2.45) is 11.8 Å². The monoisotopic (exact) mass is 550 g/mol. The highest BCUT2D eigenvalue weighted by atomic mass is 16.5. The lowest BCUT2D eigenvalue weighted by Crippen LogP contribution is -2.47. The van der Waals surface area contributed by atoms with Crippen molar-refractivity contribution in [2.75, 3.05) is 11.9 Å². The standard InChI is InChI=1S/C34H34N2O5/c1-4-5-14-26(34(40)41-18-27(37)35-25-17-19(2)15-16-20(25)3)36-32(38)30-28-21-10-6-7-11-22(21)29(31(30)33(36)39)24-13-9-8-12-23(24)28/h6-13,15-17,26,28-31H,4-5,14,18H2,1-3H3,(H,35,37)/t26-,28?,29?,30-,31+/m0/s1. The zero-order chi connectivity index (χ0) is 28.8. The van der Waals surface area contributed by atoms with E-state index < -0.39 is 36.4 Å². The minimum Gasteiger partial charge on any atom is -0.454 e. The molecule has 1 heterocycles. The summed E-state index contributed by atoms with van der Waals surface area (Å²) in [5.74, 6) is -3.47. The topological polar surface area (TPSA) is 92.8 Å². The number of carbonyl (C=O) groups is 4. The smallest absolute Gasteiger partial charge is 0.329 e. The predicted octanol–water partition coefficient (Wildman–Crippen LogP) is 5.24. The predicted molar refractivity (Wildman–Crippen MR) is 154 cm³/mol. The fraction of sp³-hybridized carbons (Fsp3) is 0.353. The molecule has 3 amide bonds. The van der Waals surface area contributed by atoms with Gasteiger partial charge in [-0.1, -0.05) is 80.4 Å². The highest BCUT2D eigenvalue weighted by Crippen LogP contribution is 2.61. The summed E-state index contributed by atoms with van der Waals surface area (Å²) in [5, 5.41) is 2.79. The van der Waals surface area contributed by atoms with Gasteiger partial charge in [0.15, 0.2) is 6.61 Å². The molecule has 3 aromatic rings. The number of ether oxygens (including phenoxy) is 1. The molecule has 0 radical (unpaired) electrons. The van der Waals surface area contributed by atoms with Crippen LogP contribution in [0.4, 0.5) is 5.69 Å². The Labute approximate surface area is 239 Å². The summed E-state index contributed by atoms with van der Waals surface area (Å²) in [6.07, 6.45) is 1.70. The quantitative estimate of drug-likeness (QED) is 0.306. The second kappa shape index (κ2) is 10.6. The third-order valence-corrected chi connectivity index (χ3v) is 8.91. The molecule has 1 saturated heterocycles. The van der Waals surface area contributed by atoms with Gasteiger partial charge in [-0.25, -0.2) is 4.79 Å². The summed E-state index contributed by atoms with van der Waals surface area (Å²) in [7, 11) is 0. The van der Waals surface area contributed by atoms with Crippen LogP contribution in [0.1, 0.15) is 71.4 Å². The van der Waals surface area contributed by atoms with Crippen molar-refractivity contribution in [1.82, 2.24) is 4.90 Å². The molecule has 1 aliphatic heterocycles. The maximum Gasteiger partial charge on any atom is 0.329 e. The van der Waals surface area contributed by atoms with Gasteiger partial charge in [-0.3, -0.25) is 19.3 Å². The summed E-state index contributed by atoms with van der Waals surface area (Å²) in [6, 6.07) is 20.7. The number of unbranched alkanes of at least 4 members (excludes halogenated alkanes) is 1. The third kappa shape index (κ3) is 4.44. The second-order valence-corrected chi connectivity index (χ2v) is 11.4. The van der Waals surface area contributed by atoms with Crippen molar-refractivity contribution in [1.29, 1.82) is 0 Å². The SMILES string of the molecule is CCCC[C@@H](C(=O)OCC(=O)Nc1cc(C)ccc1C)N1C(=O)[C@@H]2C3c4ccccc4C(c4ccccc43)[C@@H]2C1=O. The van der Waals surface area contributed by atoms with E-state index >= 15 is 0 Å². The zero-order valence-electron chi connectivity index (χ0n) is 23.6. The minimum absolute atomic E-state index is 0.245. The van der Waals surface area contributed by atoms with E-state index in [1.807, 2.05) is 63.2 Å². The number of carbonyl (C=O) groups excluding carboxylic acids is 4. The van der Waals surface area contributed by atoms with Gasteiger partial charge in [0.2, 0.25) is 11.8 Å². The number of aryl methyl sites for hydroxylation is 2. The molecule has 1 N–H and O–H groups in total. The maximum absolute atomic E-state index is 14.1. The summed E-state index contributed by atoms with van der Waals surface area (Å²) in [5.41, 5.74) is 6.86. The molecule has 2 bridgehead atoms. The van der Waals surface area contributed by atoms with Gasteiger partial charge in [0.05, 0.1) is 11.8 Å². The average Bonchev–Trinajstić information content (AvgIpc) is 3.24. The van der Waals surface area contributed by atoms with E-state index in [0.29, 0.717) is 18.5 Å². The van der Waals surface area contributed by atoms with Crippen molar-refractivity contribution in [3.8, 4) is 0 Å². The Morgan fingerprint density at radius 3 is 1.90 bits per heavy atom. The van der Waals surface area contributed by atoms with Gasteiger partial charge < -0.3 is 10.1 Å². The second-order valence-electron chi connectivity index (χ2n) is 11.4. The van der Waals surface area contributed by atoms with Crippen molar-refractivity contribution in [3.05, 3.63) is 100 Å². The molecule has 3 aromatic carbocycles. The van der Waals surface area contributed by atoms with Crippen molar-refractivity contribution < 1.29 is 23.9 Å². The number of hydrogen-bond donors (Lipinski definition) is 1. The summed E-state index contributed by atoms with van der Waals surface area (Å²) >= 11 is 0. The molecule has 0 aromatic heterocycles. The number of imide groups is 1. The minimum atomic E-state index is -1.07. The molecule has 3 aliphatic carbocycles. The van der Waals surface area contributed by atoms with Gasteiger partial charge in [0.25, 0.3) is 5.91 Å². The van der Waals surface area contributed by atoms with Crippen LogP contribution in [0.15, 0.2) is 66.7 Å². The van der Waals surface area contributed by atoms with Crippen LogP contribution < -0.4 is 5.32 Å². The summed E-state index contributed by atoms with van der Waals surface area (Å²) in [4.78, 5) is 55.6. The number of likely N-dealkylation sites (tertiary alicyclic amines) is 1. The Morgan fingerprint density at radius 1 is 0.854 bits per heavy atom. The molecule has 7 nitrogen and oxygen atoms in total. The number of rotatable bonds is 8. The van der Waals surface area contributed by atoms with Gasteiger partial charge in [-0.15, -0.1) is 0 Å².